The monoisotopic (exact) mass is 407 g/mol. The van der Waals surface area contributed by atoms with E-state index in [9.17, 15) is 9.59 Å². The van der Waals surface area contributed by atoms with Crippen molar-refractivity contribution < 1.29 is 4.79 Å². The third-order valence-electron chi connectivity index (χ3n) is 5.58. The molecular formula is C23H25N3O2S. The molecule has 1 saturated carbocycles. The van der Waals surface area contributed by atoms with E-state index in [1.54, 1.807) is 6.07 Å². The van der Waals surface area contributed by atoms with Gasteiger partial charge in [-0.05, 0) is 54.9 Å². The molecule has 1 heterocycles. The first-order chi connectivity index (χ1) is 14.1. The van der Waals surface area contributed by atoms with E-state index in [4.69, 9.17) is 12.2 Å². The van der Waals surface area contributed by atoms with E-state index in [0.717, 1.165) is 23.9 Å². The number of aromatic amines is 1. The Morgan fingerprint density at radius 1 is 1.03 bits per heavy atom. The Morgan fingerprint density at radius 2 is 1.72 bits per heavy atom. The highest BCUT2D eigenvalue weighted by Crippen LogP contribution is 2.17. The molecule has 1 aromatic heterocycles. The summed E-state index contributed by atoms with van der Waals surface area (Å²) in [5.41, 5.74) is 2.19. The van der Waals surface area contributed by atoms with E-state index < -0.39 is 0 Å². The zero-order chi connectivity index (χ0) is 20.2. The topological polar surface area (TPSA) is 66.9 Å². The number of para-hydroxylation sites is 1. The number of hydrogen-bond acceptors (Lipinski definition) is 3. The first kappa shape index (κ1) is 19.6. The van der Waals surface area contributed by atoms with Crippen molar-refractivity contribution in [2.45, 2.75) is 51.0 Å². The average molecular weight is 408 g/mol. The summed E-state index contributed by atoms with van der Waals surface area (Å²) in [6.07, 6.45) is 7.42. The lowest BCUT2D eigenvalue weighted by Gasteiger charge is -2.16. The van der Waals surface area contributed by atoms with Crippen LogP contribution in [0.3, 0.4) is 0 Å². The van der Waals surface area contributed by atoms with Crippen LogP contribution in [0.4, 0.5) is 0 Å². The average Bonchev–Trinajstić information content (AvgIpc) is 2.98. The molecule has 1 aliphatic rings. The first-order valence-corrected chi connectivity index (χ1v) is 10.7. The largest absolute Gasteiger partial charge is 0.353 e. The number of nitrogens with zero attached hydrogens (tertiary/aromatic N) is 1. The maximum Gasteiger partial charge on any atom is 0.266 e. The number of fused-ring (bicyclic) bond motifs is 1. The Balaban J connectivity index is 1.51. The highest BCUT2D eigenvalue weighted by atomic mass is 32.1. The Kier molecular flexibility index (Phi) is 5.90. The molecule has 0 aliphatic heterocycles. The minimum atomic E-state index is -0.150. The number of hydrogen-bond donors (Lipinski definition) is 2. The summed E-state index contributed by atoms with van der Waals surface area (Å²) in [7, 11) is 0. The van der Waals surface area contributed by atoms with Crippen LogP contribution in [0.25, 0.3) is 16.6 Å². The fourth-order valence-corrected chi connectivity index (χ4v) is 4.35. The summed E-state index contributed by atoms with van der Waals surface area (Å²) in [6, 6.07) is 15.1. The molecule has 3 aromatic rings. The fourth-order valence-electron chi connectivity index (χ4n) is 4.05. The maximum absolute atomic E-state index is 12.9. The molecule has 1 aliphatic carbocycles. The normalized spacial score (nSPS) is 15.2. The second-order valence-corrected chi connectivity index (χ2v) is 8.10. The van der Waals surface area contributed by atoms with Gasteiger partial charge in [-0.2, -0.15) is 0 Å². The number of carbonyl (C=O) groups excluding carboxylic acids is 1. The minimum Gasteiger partial charge on any atom is -0.353 e. The van der Waals surface area contributed by atoms with Crippen LogP contribution in [0.15, 0.2) is 53.3 Å². The highest BCUT2D eigenvalue weighted by Gasteiger charge is 2.15. The Labute approximate surface area is 174 Å². The number of aromatic nitrogens is 2. The van der Waals surface area contributed by atoms with Gasteiger partial charge in [0.05, 0.1) is 23.0 Å². The van der Waals surface area contributed by atoms with E-state index in [-0.39, 0.29) is 11.5 Å². The summed E-state index contributed by atoms with van der Waals surface area (Å²) < 4.78 is 1.85. The SMILES string of the molecule is O=C(Cc1ccc(-n2c(=S)[nH]c3ccccc3c2=O)cc1)NC1CCCCCC1. The lowest BCUT2D eigenvalue weighted by Crippen LogP contribution is -2.35. The number of amides is 1. The van der Waals surface area contributed by atoms with Crippen molar-refractivity contribution in [3.05, 3.63) is 69.2 Å². The molecule has 0 bridgehead atoms. The van der Waals surface area contributed by atoms with Gasteiger partial charge in [0.1, 0.15) is 0 Å². The summed E-state index contributed by atoms with van der Waals surface area (Å²) in [4.78, 5) is 28.4. The van der Waals surface area contributed by atoms with Gasteiger partial charge in [-0.15, -0.1) is 0 Å². The molecule has 0 atom stereocenters. The quantitative estimate of drug-likeness (QED) is 0.497. The first-order valence-electron chi connectivity index (χ1n) is 10.2. The highest BCUT2D eigenvalue weighted by molar-refractivity contribution is 7.71. The molecule has 4 rings (SSSR count). The Hall–Kier alpha value is -2.73. The summed E-state index contributed by atoms with van der Waals surface area (Å²) >= 11 is 5.40. The summed E-state index contributed by atoms with van der Waals surface area (Å²) in [6.45, 7) is 0. The predicted octanol–water partition coefficient (Wildman–Crippen LogP) is 4.43. The van der Waals surface area contributed by atoms with Crippen LogP contribution in [-0.4, -0.2) is 21.5 Å². The number of carbonyl (C=O) groups is 1. The molecule has 2 aromatic carbocycles. The van der Waals surface area contributed by atoms with Crippen LogP contribution in [0.5, 0.6) is 0 Å². The molecule has 150 valence electrons. The van der Waals surface area contributed by atoms with E-state index in [1.807, 2.05) is 42.5 Å². The van der Waals surface area contributed by atoms with Crippen LogP contribution in [0.2, 0.25) is 0 Å². The van der Waals surface area contributed by atoms with Crippen LogP contribution in [0, 0.1) is 4.77 Å². The molecule has 0 saturated heterocycles. The van der Waals surface area contributed by atoms with E-state index in [0.29, 0.717) is 28.3 Å². The zero-order valence-corrected chi connectivity index (χ0v) is 17.1. The summed E-state index contributed by atoms with van der Waals surface area (Å²) in [5, 5.41) is 3.77. The van der Waals surface area contributed by atoms with Gasteiger partial charge in [-0.25, -0.2) is 0 Å². The van der Waals surface area contributed by atoms with Crippen LogP contribution >= 0.6 is 12.2 Å². The van der Waals surface area contributed by atoms with Crippen molar-refractivity contribution in [3.8, 4) is 5.69 Å². The fraction of sp³-hybridized carbons (Fsp3) is 0.348. The van der Waals surface area contributed by atoms with E-state index >= 15 is 0 Å². The standard InChI is InChI=1S/C23H25N3O2S/c27-21(24-17-7-3-1-2-4-8-17)15-16-11-13-18(14-12-16)26-22(28)19-9-5-6-10-20(19)25-23(26)29/h5-6,9-14,17H,1-4,7-8,15H2,(H,24,27)(H,25,29). The van der Waals surface area contributed by atoms with E-state index in [1.165, 1.54) is 30.3 Å². The molecule has 1 fully saturated rings. The van der Waals surface area contributed by atoms with Crippen LogP contribution in [-0.2, 0) is 11.2 Å². The Morgan fingerprint density at radius 3 is 2.45 bits per heavy atom. The number of H-pyrrole nitrogens is 1. The van der Waals surface area contributed by atoms with Gasteiger partial charge >= 0.3 is 0 Å². The molecule has 6 heteroatoms. The number of nitrogens with one attached hydrogen (secondary N) is 2. The van der Waals surface area contributed by atoms with Gasteiger partial charge in [0.15, 0.2) is 4.77 Å². The molecule has 29 heavy (non-hydrogen) atoms. The molecule has 5 nitrogen and oxygen atoms in total. The van der Waals surface area contributed by atoms with Gasteiger partial charge in [0.2, 0.25) is 5.91 Å². The van der Waals surface area contributed by atoms with Crippen molar-refractivity contribution in [2.75, 3.05) is 0 Å². The lowest BCUT2D eigenvalue weighted by molar-refractivity contribution is -0.121. The van der Waals surface area contributed by atoms with Crippen molar-refractivity contribution in [1.29, 1.82) is 0 Å². The Bertz CT molecular complexity index is 1120. The molecular weight excluding hydrogens is 382 g/mol. The molecule has 0 unspecified atom stereocenters. The second kappa shape index (κ2) is 8.74. The van der Waals surface area contributed by atoms with Gasteiger partial charge in [-0.3, -0.25) is 14.2 Å². The number of rotatable bonds is 4. The lowest BCUT2D eigenvalue weighted by atomic mass is 10.1. The number of benzene rings is 2. The van der Waals surface area contributed by atoms with Crippen molar-refractivity contribution in [3.63, 3.8) is 0 Å². The smallest absolute Gasteiger partial charge is 0.266 e. The third-order valence-corrected chi connectivity index (χ3v) is 5.87. The second-order valence-electron chi connectivity index (χ2n) is 7.72. The van der Waals surface area contributed by atoms with Crippen molar-refractivity contribution in [2.24, 2.45) is 0 Å². The van der Waals surface area contributed by atoms with Gasteiger partial charge in [-0.1, -0.05) is 49.9 Å². The van der Waals surface area contributed by atoms with Crippen LogP contribution in [0.1, 0.15) is 44.1 Å². The van der Waals surface area contributed by atoms with Crippen molar-refractivity contribution in [1.82, 2.24) is 14.9 Å². The predicted molar refractivity (Wildman–Crippen MR) is 118 cm³/mol. The summed E-state index contributed by atoms with van der Waals surface area (Å²) in [5.74, 6) is 0.0600. The van der Waals surface area contributed by atoms with Crippen LogP contribution < -0.4 is 10.9 Å². The van der Waals surface area contributed by atoms with E-state index in [2.05, 4.69) is 10.3 Å². The molecule has 2 N–H and O–H groups in total. The van der Waals surface area contributed by atoms with Gasteiger partial charge < -0.3 is 10.3 Å². The third kappa shape index (κ3) is 4.48. The maximum atomic E-state index is 12.9. The molecule has 0 radical (unpaired) electrons. The minimum absolute atomic E-state index is 0.0600. The molecule has 1 amide bonds. The van der Waals surface area contributed by atoms with Gasteiger partial charge in [0.25, 0.3) is 5.56 Å². The molecule has 0 spiro atoms. The zero-order valence-electron chi connectivity index (χ0n) is 16.3. The van der Waals surface area contributed by atoms with Gasteiger partial charge in [0, 0.05) is 6.04 Å². The van der Waals surface area contributed by atoms with Crippen molar-refractivity contribution >= 4 is 29.0 Å².